The highest BCUT2D eigenvalue weighted by atomic mass is 16.3. The van der Waals surface area contributed by atoms with Gasteiger partial charge in [-0.3, -0.25) is 4.79 Å². The number of nitrogens with one attached hydrogen (secondary N) is 1. The van der Waals surface area contributed by atoms with Crippen LogP contribution in [0, 0.1) is 6.92 Å². The minimum atomic E-state index is -0.574. The van der Waals surface area contributed by atoms with E-state index in [0.29, 0.717) is 10.9 Å². The predicted octanol–water partition coefficient (Wildman–Crippen LogP) is 1.69. The fourth-order valence-electron chi connectivity index (χ4n) is 2.30. The second kappa shape index (κ2) is 4.38. The van der Waals surface area contributed by atoms with Crippen molar-refractivity contribution in [1.29, 1.82) is 0 Å². The van der Waals surface area contributed by atoms with E-state index in [1.165, 1.54) is 12.1 Å². The maximum Gasteiger partial charge on any atom is 0.333 e. The van der Waals surface area contributed by atoms with Crippen LogP contribution in [0.5, 0.6) is 5.75 Å². The van der Waals surface area contributed by atoms with E-state index in [-0.39, 0.29) is 11.4 Å². The van der Waals surface area contributed by atoms with Gasteiger partial charge in [0.2, 0.25) is 0 Å². The first kappa shape index (κ1) is 12.2. The van der Waals surface area contributed by atoms with Gasteiger partial charge in [-0.05, 0) is 30.7 Å². The number of phenolic OH excluding ortho intramolecular Hbond substituents is 1. The van der Waals surface area contributed by atoms with Gasteiger partial charge in [0.1, 0.15) is 5.75 Å². The number of aryl methyl sites for hydroxylation is 1. The van der Waals surface area contributed by atoms with Gasteiger partial charge in [-0.1, -0.05) is 24.3 Å². The lowest BCUT2D eigenvalue weighted by molar-refractivity contribution is 0.471. The summed E-state index contributed by atoms with van der Waals surface area (Å²) < 4.78 is 0.949. The van der Waals surface area contributed by atoms with Crippen LogP contribution in [0.15, 0.2) is 52.1 Å². The van der Waals surface area contributed by atoms with Crippen molar-refractivity contribution < 1.29 is 5.11 Å². The maximum atomic E-state index is 12.6. The fourth-order valence-corrected chi connectivity index (χ4v) is 2.30. The van der Waals surface area contributed by atoms with Gasteiger partial charge in [-0.2, -0.15) is 0 Å². The Kier molecular flexibility index (Phi) is 2.68. The Morgan fingerprint density at radius 2 is 1.80 bits per heavy atom. The average molecular weight is 268 g/mol. The molecule has 0 bridgehead atoms. The number of rotatable bonds is 1. The van der Waals surface area contributed by atoms with E-state index in [1.807, 2.05) is 0 Å². The number of aromatic hydroxyl groups is 1. The van der Waals surface area contributed by atoms with E-state index >= 15 is 0 Å². The molecular formula is C15H12N2O3. The van der Waals surface area contributed by atoms with Crippen molar-refractivity contribution in [3.63, 3.8) is 0 Å². The molecule has 0 amide bonds. The molecule has 1 heterocycles. The number of aromatic nitrogens is 2. The van der Waals surface area contributed by atoms with E-state index in [0.717, 1.165) is 10.1 Å². The Labute approximate surface area is 113 Å². The number of H-pyrrole nitrogens is 1. The Morgan fingerprint density at radius 3 is 2.55 bits per heavy atom. The molecule has 1 aromatic heterocycles. The first-order chi connectivity index (χ1) is 9.59. The number of aromatic amines is 1. The van der Waals surface area contributed by atoms with Crippen LogP contribution in [0.25, 0.3) is 16.6 Å². The molecule has 5 nitrogen and oxygen atoms in total. The Morgan fingerprint density at radius 1 is 1.05 bits per heavy atom. The van der Waals surface area contributed by atoms with Gasteiger partial charge in [0.15, 0.2) is 0 Å². The van der Waals surface area contributed by atoms with Crippen LogP contribution in [0.1, 0.15) is 5.56 Å². The van der Waals surface area contributed by atoms with Gasteiger partial charge in [0.05, 0.1) is 16.6 Å². The van der Waals surface area contributed by atoms with Crippen LogP contribution in [0.2, 0.25) is 0 Å². The zero-order valence-electron chi connectivity index (χ0n) is 10.8. The van der Waals surface area contributed by atoms with Gasteiger partial charge in [-0.15, -0.1) is 0 Å². The lowest BCUT2D eigenvalue weighted by Gasteiger charge is -2.09. The summed E-state index contributed by atoms with van der Waals surface area (Å²) in [5, 5.41) is 10.3. The second-order valence-electron chi connectivity index (χ2n) is 4.56. The molecule has 0 spiro atoms. The molecule has 2 N–H and O–H groups in total. The lowest BCUT2D eigenvalue weighted by Crippen LogP contribution is -2.33. The molecule has 0 radical (unpaired) electrons. The first-order valence-electron chi connectivity index (χ1n) is 6.12. The zero-order chi connectivity index (χ0) is 14.3. The van der Waals surface area contributed by atoms with E-state index < -0.39 is 11.2 Å². The largest absolute Gasteiger partial charge is 0.506 e. The first-order valence-corrected chi connectivity index (χ1v) is 6.12. The van der Waals surface area contributed by atoms with Crippen molar-refractivity contribution in [2.75, 3.05) is 0 Å². The van der Waals surface area contributed by atoms with Crippen LogP contribution < -0.4 is 11.2 Å². The van der Waals surface area contributed by atoms with E-state index in [4.69, 9.17) is 0 Å². The summed E-state index contributed by atoms with van der Waals surface area (Å²) in [7, 11) is 0. The summed E-state index contributed by atoms with van der Waals surface area (Å²) in [6.07, 6.45) is 0. The second-order valence-corrected chi connectivity index (χ2v) is 4.56. The normalized spacial score (nSPS) is 10.8. The van der Waals surface area contributed by atoms with Gasteiger partial charge in [-0.25, -0.2) is 9.36 Å². The van der Waals surface area contributed by atoms with E-state index in [2.05, 4.69) is 4.98 Å². The molecule has 0 saturated heterocycles. The zero-order valence-corrected chi connectivity index (χ0v) is 10.8. The smallest absolute Gasteiger partial charge is 0.333 e. The SMILES string of the molecule is Cc1cccc2[nH]c(=O)n(-c3ccccc3O)c(=O)c12. The van der Waals surface area contributed by atoms with Crippen LogP contribution in [-0.2, 0) is 0 Å². The lowest BCUT2D eigenvalue weighted by atomic mass is 10.1. The molecule has 0 saturated carbocycles. The summed E-state index contributed by atoms with van der Waals surface area (Å²) in [5.74, 6) is -0.118. The molecule has 3 aromatic rings. The fraction of sp³-hybridized carbons (Fsp3) is 0.0667. The Hall–Kier alpha value is -2.82. The summed E-state index contributed by atoms with van der Waals surface area (Å²) in [6.45, 7) is 1.80. The number of phenols is 1. The van der Waals surface area contributed by atoms with Crippen molar-refractivity contribution in [3.8, 4) is 11.4 Å². The molecule has 3 rings (SSSR count). The third kappa shape index (κ3) is 1.72. The van der Waals surface area contributed by atoms with Crippen LogP contribution in [0.3, 0.4) is 0 Å². The average Bonchev–Trinajstić information content (AvgIpc) is 2.40. The van der Waals surface area contributed by atoms with E-state index in [1.54, 1.807) is 37.3 Å². The highest BCUT2D eigenvalue weighted by molar-refractivity contribution is 5.81. The molecular weight excluding hydrogens is 256 g/mol. The van der Waals surface area contributed by atoms with Gasteiger partial charge in [0, 0.05) is 0 Å². The summed E-state index contributed by atoms with van der Waals surface area (Å²) in [5.41, 5.74) is 0.418. The number of fused-ring (bicyclic) bond motifs is 1. The molecule has 0 aliphatic rings. The minimum Gasteiger partial charge on any atom is -0.506 e. The monoisotopic (exact) mass is 268 g/mol. The molecule has 0 atom stereocenters. The van der Waals surface area contributed by atoms with Crippen molar-refractivity contribution in [1.82, 2.24) is 9.55 Å². The third-order valence-electron chi connectivity index (χ3n) is 3.26. The molecule has 0 aliphatic heterocycles. The molecule has 100 valence electrons. The highest BCUT2D eigenvalue weighted by Gasteiger charge is 2.13. The van der Waals surface area contributed by atoms with Crippen LogP contribution in [0.4, 0.5) is 0 Å². The molecule has 0 fully saturated rings. The number of hydrogen-bond donors (Lipinski definition) is 2. The Balaban J connectivity index is 2.50. The van der Waals surface area contributed by atoms with Crippen LogP contribution >= 0.6 is 0 Å². The summed E-state index contributed by atoms with van der Waals surface area (Å²) >= 11 is 0. The molecule has 2 aromatic carbocycles. The van der Waals surface area contributed by atoms with Gasteiger partial charge in [0.25, 0.3) is 5.56 Å². The highest BCUT2D eigenvalue weighted by Crippen LogP contribution is 2.18. The summed E-state index contributed by atoms with van der Waals surface area (Å²) in [4.78, 5) is 27.3. The quantitative estimate of drug-likeness (QED) is 0.705. The number of benzene rings is 2. The summed E-state index contributed by atoms with van der Waals surface area (Å²) in [6, 6.07) is 11.5. The third-order valence-corrected chi connectivity index (χ3v) is 3.26. The standard InChI is InChI=1S/C15H12N2O3/c1-9-5-4-6-10-13(9)14(19)17(15(20)16-10)11-7-2-3-8-12(11)18/h2-8,18H,1H3,(H,16,20). The number of hydrogen-bond acceptors (Lipinski definition) is 3. The number of nitrogens with zero attached hydrogens (tertiary/aromatic N) is 1. The van der Waals surface area contributed by atoms with Crippen molar-refractivity contribution in [3.05, 3.63) is 68.9 Å². The van der Waals surface area contributed by atoms with E-state index in [9.17, 15) is 14.7 Å². The topological polar surface area (TPSA) is 75.1 Å². The van der Waals surface area contributed by atoms with Gasteiger partial charge >= 0.3 is 5.69 Å². The molecule has 0 aliphatic carbocycles. The predicted molar refractivity (Wildman–Crippen MR) is 76.6 cm³/mol. The molecule has 20 heavy (non-hydrogen) atoms. The minimum absolute atomic E-state index is 0.118. The van der Waals surface area contributed by atoms with Gasteiger partial charge < -0.3 is 10.1 Å². The van der Waals surface area contributed by atoms with Crippen LogP contribution in [-0.4, -0.2) is 14.7 Å². The Bertz CT molecular complexity index is 922. The molecule has 5 heteroatoms. The molecule has 0 unspecified atom stereocenters. The number of para-hydroxylation sites is 2. The maximum absolute atomic E-state index is 12.6. The van der Waals surface area contributed by atoms with Crippen molar-refractivity contribution in [2.45, 2.75) is 6.92 Å². The van der Waals surface area contributed by atoms with Crippen molar-refractivity contribution in [2.24, 2.45) is 0 Å². The van der Waals surface area contributed by atoms with Crippen molar-refractivity contribution >= 4 is 10.9 Å².